The summed E-state index contributed by atoms with van der Waals surface area (Å²) in [4.78, 5) is 94.9. The number of carboxylic acid groups (broad SMARTS) is 2. The summed E-state index contributed by atoms with van der Waals surface area (Å²) in [5, 5.41) is 26.8. The second-order valence-corrected chi connectivity index (χ2v) is 17.3. The molecule has 0 bridgehead atoms. The third-order valence-electron chi connectivity index (χ3n) is 11.3. The van der Waals surface area contributed by atoms with Gasteiger partial charge in [0.25, 0.3) is 0 Å². The first-order valence-electron chi connectivity index (χ1n) is 24.8. The maximum atomic E-state index is 12.5. The fourth-order valence-electron chi connectivity index (χ4n) is 6.83. The van der Waals surface area contributed by atoms with Gasteiger partial charge in [0.2, 0.25) is 17.7 Å². The summed E-state index contributed by atoms with van der Waals surface area (Å²) >= 11 is 0. The fourth-order valence-corrected chi connectivity index (χ4v) is 6.83. The molecule has 3 atom stereocenters. The van der Waals surface area contributed by atoms with Crippen molar-refractivity contribution in [2.45, 2.75) is 142 Å². The van der Waals surface area contributed by atoms with Crippen molar-refractivity contribution in [1.82, 2.24) is 16.0 Å². The standard InChI is InChI=1S/C50H82N4O15/c1-38(39(2)55)15-12-13-25-52-47(59)37-68-34-32-66-30-27-54-48(60)45(51)18-11-8-10-17-43(57)36-67-33-31-65-29-26-53-46(58)24-21-41(50(63)64)35-42(56)16-9-6-4-3-5-7-14-28-69-44-22-19-40(20-23-44)49(61)62/h19-20,22-23,38,41,45H,3-18,21,24-37,51H2,1-2H3,(H,52,59)(H,53,58)(H,54,60)(H,61,62)(H,63,64)/t38-,41-,45+/m1/s1. The number of unbranched alkanes of at least 4 members (excludes halogenated alkanes) is 9. The summed E-state index contributed by atoms with van der Waals surface area (Å²) < 4.78 is 27.2. The first-order valence-corrected chi connectivity index (χ1v) is 24.8. The van der Waals surface area contributed by atoms with Crippen molar-refractivity contribution >= 4 is 47.0 Å². The van der Waals surface area contributed by atoms with Gasteiger partial charge in [-0.05, 0) is 76.1 Å². The summed E-state index contributed by atoms with van der Waals surface area (Å²) in [6.45, 7) is 6.41. The third-order valence-corrected chi connectivity index (χ3v) is 11.3. The van der Waals surface area contributed by atoms with E-state index in [9.17, 15) is 43.5 Å². The quantitative estimate of drug-likeness (QED) is 0.0470. The van der Waals surface area contributed by atoms with Crippen molar-refractivity contribution in [3.63, 3.8) is 0 Å². The van der Waals surface area contributed by atoms with E-state index < -0.39 is 23.9 Å². The van der Waals surface area contributed by atoms with Gasteiger partial charge in [0.1, 0.15) is 30.5 Å². The number of nitrogens with two attached hydrogens (primary N) is 1. The molecule has 392 valence electrons. The minimum Gasteiger partial charge on any atom is -0.494 e. The number of hydrogen-bond donors (Lipinski definition) is 6. The lowest BCUT2D eigenvalue weighted by Gasteiger charge is -2.12. The highest BCUT2D eigenvalue weighted by Crippen LogP contribution is 2.17. The molecule has 0 radical (unpaired) electrons. The second-order valence-electron chi connectivity index (χ2n) is 17.3. The van der Waals surface area contributed by atoms with Crippen molar-refractivity contribution in [1.29, 1.82) is 0 Å². The van der Waals surface area contributed by atoms with Gasteiger partial charge in [0.05, 0.1) is 63.8 Å². The van der Waals surface area contributed by atoms with E-state index in [1.807, 2.05) is 6.92 Å². The van der Waals surface area contributed by atoms with Gasteiger partial charge in [-0.2, -0.15) is 0 Å². The Morgan fingerprint density at radius 2 is 1.10 bits per heavy atom. The van der Waals surface area contributed by atoms with Crippen LogP contribution in [0.25, 0.3) is 0 Å². The maximum Gasteiger partial charge on any atom is 0.335 e. The van der Waals surface area contributed by atoms with Crippen LogP contribution in [0.4, 0.5) is 0 Å². The molecule has 1 aromatic carbocycles. The van der Waals surface area contributed by atoms with Gasteiger partial charge in [0, 0.05) is 51.2 Å². The number of ether oxygens (including phenoxy) is 5. The Bertz CT molecular complexity index is 1630. The molecule has 0 aliphatic rings. The van der Waals surface area contributed by atoms with E-state index in [-0.39, 0.29) is 132 Å². The zero-order valence-electron chi connectivity index (χ0n) is 41.2. The molecule has 1 aromatic rings. The van der Waals surface area contributed by atoms with Crippen molar-refractivity contribution < 1.29 is 72.3 Å². The molecule has 7 N–H and O–H groups in total. The number of hydrogen-bond acceptors (Lipinski definition) is 14. The fraction of sp³-hybridized carbons (Fsp3) is 0.720. The zero-order chi connectivity index (χ0) is 50.9. The van der Waals surface area contributed by atoms with E-state index in [1.54, 1.807) is 19.1 Å². The van der Waals surface area contributed by atoms with Gasteiger partial charge in [-0.1, -0.05) is 58.3 Å². The predicted molar refractivity (Wildman–Crippen MR) is 258 cm³/mol. The van der Waals surface area contributed by atoms with E-state index in [0.717, 1.165) is 64.2 Å². The smallest absolute Gasteiger partial charge is 0.335 e. The maximum absolute atomic E-state index is 12.5. The Kier molecular flexibility index (Phi) is 37.0. The van der Waals surface area contributed by atoms with Gasteiger partial charge in [-0.15, -0.1) is 0 Å². The number of aliphatic carboxylic acids is 1. The largest absolute Gasteiger partial charge is 0.494 e. The third kappa shape index (κ3) is 35.9. The van der Waals surface area contributed by atoms with Crippen molar-refractivity contribution in [3.05, 3.63) is 29.8 Å². The first-order chi connectivity index (χ1) is 33.2. The lowest BCUT2D eigenvalue weighted by Crippen LogP contribution is -2.41. The van der Waals surface area contributed by atoms with Crippen LogP contribution >= 0.6 is 0 Å². The molecular weight excluding hydrogens is 897 g/mol. The predicted octanol–water partition coefficient (Wildman–Crippen LogP) is 4.98. The van der Waals surface area contributed by atoms with Crippen LogP contribution in [-0.2, 0) is 52.5 Å². The van der Waals surface area contributed by atoms with E-state index in [0.29, 0.717) is 57.4 Å². The Labute approximate surface area is 408 Å². The summed E-state index contributed by atoms with van der Waals surface area (Å²) in [5.41, 5.74) is 6.21. The van der Waals surface area contributed by atoms with Crippen LogP contribution in [0, 0.1) is 11.8 Å². The molecule has 0 fully saturated rings. The average Bonchev–Trinajstić information content (AvgIpc) is 3.31. The van der Waals surface area contributed by atoms with Crippen LogP contribution in [-0.4, -0.2) is 142 Å². The van der Waals surface area contributed by atoms with Crippen molar-refractivity contribution in [2.75, 3.05) is 79.1 Å². The Hall–Kier alpha value is -4.82. The number of aromatic carboxylic acids is 1. The number of ketones is 3. The molecule has 0 saturated carbocycles. The van der Waals surface area contributed by atoms with Gasteiger partial charge < -0.3 is 55.6 Å². The van der Waals surface area contributed by atoms with Gasteiger partial charge in [-0.25, -0.2) is 4.79 Å². The topological polar surface area (TPSA) is 285 Å². The zero-order valence-corrected chi connectivity index (χ0v) is 41.2. The lowest BCUT2D eigenvalue weighted by atomic mass is 9.94. The molecule has 0 aromatic heterocycles. The molecule has 1 rings (SSSR count). The minimum absolute atomic E-state index is 0.0215. The number of benzene rings is 1. The molecule has 0 heterocycles. The monoisotopic (exact) mass is 979 g/mol. The second kappa shape index (κ2) is 41.0. The first kappa shape index (κ1) is 62.2. The summed E-state index contributed by atoms with van der Waals surface area (Å²) in [6.07, 6.45) is 12.1. The lowest BCUT2D eigenvalue weighted by molar-refractivity contribution is -0.144. The highest BCUT2D eigenvalue weighted by atomic mass is 16.5. The molecule has 0 saturated heterocycles. The molecular formula is C50H82N4O15. The van der Waals surface area contributed by atoms with Crippen LogP contribution in [0.1, 0.15) is 146 Å². The number of carbonyl (C=O) groups is 8. The number of nitrogens with one attached hydrogen (secondary N) is 3. The summed E-state index contributed by atoms with van der Waals surface area (Å²) in [6, 6.07) is 5.65. The molecule has 0 aliphatic heterocycles. The molecule has 0 aliphatic carbocycles. The SMILES string of the molecule is CC(=O)[C@H](C)CCCCNC(=O)COCCOCCNC(=O)[C@@H](N)CCCCCC(=O)COCCOCCNC(=O)CC[C@H](CC(=O)CCCCCCCCCOc1ccc(C(=O)O)cc1)C(=O)O. The number of Topliss-reactive ketones (excluding diaryl/α,β-unsaturated/α-hetero) is 3. The highest BCUT2D eigenvalue weighted by Gasteiger charge is 2.22. The molecule has 3 amide bonds. The summed E-state index contributed by atoms with van der Waals surface area (Å²) in [7, 11) is 0. The van der Waals surface area contributed by atoms with Gasteiger partial charge >= 0.3 is 11.9 Å². The van der Waals surface area contributed by atoms with Gasteiger partial charge in [0.15, 0.2) is 5.78 Å². The van der Waals surface area contributed by atoms with E-state index in [4.69, 9.17) is 34.5 Å². The van der Waals surface area contributed by atoms with Crippen LogP contribution in [0.2, 0.25) is 0 Å². The molecule has 0 unspecified atom stereocenters. The van der Waals surface area contributed by atoms with E-state index in [1.165, 1.54) is 12.1 Å². The highest BCUT2D eigenvalue weighted by molar-refractivity contribution is 5.87. The normalized spacial score (nSPS) is 12.4. The minimum atomic E-state index is -1.09. The van der Waals surface area contributed by atoms with Crippen LogP contribution in [0.15, 0.2) is 24.3 Å². The van der Waals surface area contributed by atoms with Gasteiger partial charge in [-0.3, -0.25) is 33.6 Å². The Balaban J connectivity index is 1.94. The number of carboxylic acids is 2. The number of carbonyl (C=O) groups excluding carboxylic acids is 6. The molecule has 19 nitrogen and oxygen atoms in total. The van der Waals surface area contributed by atoms with Crippen LogP contribution < -0.4 is 26.4 Å². The summed E-state index contributed by atoms with van der Waals surface area (Å²) in [5.74, 6) is -3.10. The van der Waals surface area contributed by atoms with E-state index in [2.05, 4.69) is 16.0 Å². The average molecular weight is 979 g/mol. The Morgan fingerprint density at radius 1 is 0.551 bits per heavy atom. The molecule has 69 heavy (non-hydrogen) atoms. The molecule has 19 heteroatoms. The van der Waals surface area contributed by atoms with E-state index >= 15 is 0 Å². The molecule has 0 spiro atoms. The van der Waals surface area contributed by atoms with Crippen molar-refractivity contribution in [3.8, 4) is 5.75 Å². The van der Waals surface area contributed by atoms with Crippen molar-refractivity contribution in [2.24, 2.45) is 17.6 Å². The Morgan fingerprint density at radius 3 is 1.74 bits per heavy atom. The van der Waals surface area contributed by atoms with Crippen LogP contribution in [0.3, 0.4) is 0 Å². The number of rotatable bonds is 47. The number of amides is 3. The van der Waals surface area contributed by atoms with Crippen LogP contribution in [0.5, 0.6) is 5.75 Å².